The molecule has 0 aliphatic carbocycles. The Bertz CT molecular complexity index is 668. The summed E-state index contributed by atoms with van der Waals surface area (Å²) in [4.78, 5) is 22.3. The minimum absolute atomic E-state index is 0.0971. The van der Waals surface area contributed by atoms with Crippen molar-refractivity contribution in [2.24, 2.45) is 0 Å². The third kappa shape index (κ3) is 5.22. The van der Waals surface area contributed by atoms with Gasteiger partial charge in [0.05, 0.1) is 0 Å². The van der Waals surface area contributed by atoms with Crippen LogP contribution in [0.4, 0.5) is 23.1 Å². The van der Waals surface area contributed by atoms with E-state index in [1.165, 1.54) is 6.92 Å². The van der Waals surface area contributed by atoms with Gasteiger partial charge in [0.2, 0.25) is 11.9 Å². The minimum Gasteiger partial charge on any atom is -0.356 e. The molecule has 1 aromatic carbocycles. The molecule has 6 heteroatoms. The van der Waals surface area contributed by atoms with Gasteiger partial charge in [-0.3, -0.25) is 4.79 Å². The standard InChI is InChI=1S/C18H25N5O/c1-4-11-23(12-5-2)17-9-10-19-18(22-17)21-16-8-6-7-15(13-16)20-14(3)24/h6-10,13H,4-5,11-12H2,1-3H3,(H,20,24)(H,19,21,22). The molecular formula is C18H25N5O. The maximum atomic E-state index is 11.2. The number of amides is 1. The highest BCUT2D eigenvalue weighted by molar-refractivity contribution is 5.89. The van der Waals surface area contributed by atoms with Crippen LogP contribution in [0.3, 0.4) is 0 Å². The second-order valence-corrected chi connectivity index (χ2v) is 5.61. The molecule has 0 atom stereocenters. The van der Waals surface area contributed by atoms with E-state index in [1.54, 1.807) is 6.20 Å². The second kappa shape index (κ2) is 8.86. The van der Waals surface area contributed by atoms with E-state index in [4.69, 9.17) is 0 Å². The molecule has 0 aliphatic rings. The average molecular weight is 327 g/mol. The van der Waals surface area contributed by atoms with E-state index < -0.39 is 0 Å². The number of rotatable bonds is 8. The van der Waals surface area contributed by atoms with Crippen LogP contribution in [-0.2, 0) is 4.79 Å². The number of aromatic nitrogens is 2. The van der Waals surface area contributed by atoms with E-state index in [2.05, 4.69) is 39.3 Å². The summed E-state index contributed by atoms with van der Waals surface area (Å²) >= 11 is 0. The molecule has 0 fully saturated rings. The molecule has 0 unspecified atom stereocenters. The largest absolute Gasteiger partial charge is 0.356 e. The first kappa shape index (κ1) is 17.7. The highest BCUT2D eigenvalue weighted by atomic mass is 16.1. The molecule has 0 saturated carbocycles. The van der Waals surface area contributed by atoms with Crippen LogP contribution in [0.2, 0.25) is 0 Å². The first-order chi connectivity index (χ1) is 11.6. The topological polar surface area (TPSA) is 70.2 Å². The van der Waals surface area contributed by atoms with Crippen molar-refractivity contribution in [1.82, 2.24) is 9.97 Å². The number of nitrogens with zero attached hydrogens (tertiary/aromatic N) is 3. The summed E-state index contributed by atoms with van der Waals surface area (Å²) in [6.45, 7) is 7.76. The number of hydrogen-bond donors (Lipinski definition) is 2. The van der Waals surface area contributed by atoms with Gasteiger partial charge in [0.1, 0.15) is 5.82 Å². The zero-order chi connectivity index (χ0) is 17.4. The van der Waals surface area contributed by atoms with Gasteiger partial charge in [0, 0.05) is 37.6 Å². The highest BCUT2D eigenvalue weighted by Crippen LogP contribution is 2.20. The summed E-state index contributed by atoms with van der Waals surface area (Å²) in [5, 5.41) is 5.96. The Kier molecular flexibility index (Phi) is 6.54. The van der Waals surface area contributed by atoms with Crippen molar-refractivity contribution in [3.8, 4) is 0 Å². The van der Waals surface area contributed by atoms with Crippen LogP contribution in [0.15, 0.2) is 36.5 Å². The molecule has 2 aromatic rings. The van der Waals surface area contributed by atoms with E-state index in [1.807, 2.05) is 30.3 Å². The minimum atomic E-state index is -0.0971. The lowest BCUT2D eigenvalue weighted by molar-refractivity contribution is -0.114. The number of hydrogen-bond acceptors (Lipinski definition) is 5. The number of benzene rings is 1. The van der Waals surface area contributed by atoms with Crippen LogP contribution < -0.4 is 15.5 Å². The molecule has 1 aromatic heterocycles. The molecule has 6 nitrogen and oxygen atoms in total. The zero-order valence-electron chi connectivity index (χ0n) is 14.5. The van der Waals surface area contributed by atoms with Crippen LogP contribution in [0.1, 0.15) is 33.6 Å². The van der Waals surface area contributed by atoms with E-state index in [9.17, 15) is 4.79 Å². The molecule has 0 aliphatic heterocycles. The fourth-order valence-corrected chi connectivity index (χ4v) is 2.47. The summed E-state index contributed by atoms with van der Waals surface area (Å²) in [7, 11) is 0. The van der Waals surface area contributed by atoms with E-state index in [0.717, 1.165) is 43.1 Å². The van der Waals surface area contributed by atoms with Crippen LogP contribution in [-0.4, -0.2) is 29.0 Å². The maximum Gasteiger partial charge on any atom is 0.229 e. The van der Waals surface area contributed by atoms with Gasteiger partial charge in [0.15, 0.2) is 0 Å². The molecule has 24 heavy (non-hydrogen) atoms. The van der Waals surface area contributed by atoms with Crippen molar-refractivity contribution < 1.29 is 4.79 Å². The summed E-state index contributed by atoms with van der Waals surface area (Å²) < 4.78 is 0. The third-order valence-electron chi connectivity index (χ3n) is 3.39. The lowest BCUT2D eigenvalue weighted by Gasteiger charge is -2.22. The number of nitrogens with one attached hydrogen (secondary N) is 2. The fourth-order valence-electron chi connectivity index (χ4n) is 2.47. The smallest absolute Gasteiger partial charge is 0.229 e. The fraction of sp³-hybridized carbons (Fsp3) is 0.389. The molecule has 2 N–H and O–H groups in total. The third-order valence-corrected chi connectivity index (χ3v) is 3.39. The predicted octanol–water partition coefficient (Wildman–Crippen LogP) is 3.81. The molecule has 0 radical (unpaired) electrons. The van der Waals surface area contributed by atoms with Crippen molar-refractivity contribution in [2.45, 2.75) is 33.6 Å². The lowest BCUT2D eigenvalue weighted by Crippen LogP contribution is -2.26. The van der Waals surface area contributed by atoms with Crippen molar-refractivity contribution in [2.75, 3.05) is 28.6 Å². The van der Waals surface area contributed by atoms with Gasteiger partial charge in [-0.15, -0.1) is 0 Å². The molecule has 0 saturated heterocycles. The number of carbonyl (C=O) groups is 1. The first-order valence-electron chi connectivity index (χ1n) is 8.35. The molecule has 1 heterocycles. The Balaban J connectivity index is 2.15. The molecule has 128 valence electrons. The van der Waals surface area contributed by atoms with Crippen LogP contribution >= 0.6 is 0 Å². The van der Waals surface area contributed by atoms with Crippen LogP contribution in [0.5, 0.6) is 0 Å². The van der Waals surface area contributed by atoms with Crippen LogP contribution in [0.25, 0.3) is 0 Å². The van der Waals surface area contributed by atoms with Crippen molar-refractivity contribution in [3.05, 3.63) is 36.5 Å². The quantitative estimate of drug-likeness (QED) is 0.771. The summed E-state index contributed by atoms with van der Waals surface area (Å²) in [5.41, 5.74) is 1.57. The van der Waals surface area contributed by atoms with Gasteiger partial charge in [-0.05, 0) is 37.1 Å². The lowest BCUT2D eigenvalue weighted by atomic mass is 10.2. The SMILES string of the molecule is CCCN(CCC)c1ccnc(Nc2cccc(NC(C)=O)c2)n1. The monoisotopic (exact) mass is 327 g/mol. The van der Waals surface area contributed by atoms with Gasteiger partial charge < -0.3 is 15.5 Å². The molecule has 2 rings (SSSR count). The van der Waals surface area contributed by atoms with Gasteiger partial charge in [-0.2, -0.15) is 4.98 Å². The Hall–Kier alpha value is -2.63. The van der Waals surface area contributed by atoms with Crippen molar-refractivity contribution in [1.29, 1.82) is 0 Å². The Labute approximate surface area is 143 Å². The first-order valence-corrected chi connectivity index (χ1v) is 8.35. The van der Waals surface area contributed by atoms with Gasteiger partial charge in [-0.25, -0.2) is 4.98 Å². The Morgan fingerprint density at radius 1 is 1.12 bits per heavy atom. The summed E-state index contributed by atoms with van der Waals surface area (Å²) in [6, 6.07) is 9.42. The van der Waals surface area contributed by atoms with Gasteiger partial charge in [0.25, 0.3) is 0 Å². The molecule has 0 spiro atoms. The highest BCUT2D eigenvalue weighted by Gasteiger charge is 2.08. The van der Waals surface area contributed by atoms with E-state index >= 15 is 0 Å². The van der Waals surface area contributed by atoms with E-state index in [0.29, 0.717) is 5.95 Å². The van der Waals surface area contributed by atoms with Crippen molar-refractivity contribution >= 4 is 29.0 Å². The number of carbonyl (C=O) groups excluding carboxylic acids is 1. The molecular weight excluding hydrogens is 302 g/mol. The van der Waals surface area contributed by atoms with Gasteiger partial charge in [-0.1, -0.05) is 19.9 Å². The number of anilines is 4. The molecule has 0 bridgehead atoms. The average Bonchev–Trinajstić information content (AvgIpc) is 2.54. The zero-order valence-corrected chi connectivity index (χ0v) is 14.5. The van der Waals surface area contributed by atoms with Gasteiger partial charge >= 0.3 is 0 Å². The van der Waals surface area contributed by atoms with E-state index in [-0.39, 0.29) is 5.91 Å². The normalized spacial score (nSPS) is 10.3. The second-order valence-electron chi connectivity index (χ2n) is 5.61. The van der Waals surface area contributed by atoms with Crippen molar-refractivity contribution in [3.63, 3.8) is 0 Å². The van der Waals surface area contributed by atoms with Crippen LogP contribution in [0, 0.1) is 0 Å². The molecule has 1 amide bonds. The summed E-state index contributed by atoms with van der Waals surface area (Å²) in [5.74, 6) is 1.37. The Morgan fingerprint density at radius 2 is 1.83 bits per heavy atom. The maximum absolute atomic E-state index is 11.2. The predicted molar refractivity (Wildman–Crippen MR) is 98.9 cm³/mol. The summed E-state index contributed by atoms with van der Waals surface area (Å²) in [6.07, 6.45) is 3.91. The Morgan fingerprint density at radius 3 is 2.50 bits per heavy atom.